The number of rotatable bonds is 6. The van der Waals surface area contributed by atoms with Crippen molar-refractivity contribution in [2.45, 2.75) is 0 Å². The number of thiazole rings is 1. The number of nitro groups is 1. The molecule has 4 rings (SSSR count). The predicted molar refractivity (Wildman–Crippen MR) is 114 cm³/mol. The molecule has 150 valence electrons. The molecule has 8 nitrogen and oxygen atoms in total. The Hall–Kier alpha value is -3.98. The summed E-state index contributed by atoms with van der Waals surface area (Å²) in [7, 11) is 0. The lowest BCUT2D eigenvalue weighted by molar-refractivity contribution is -0.384. The summed E-state index contributed by atoms with van der Waals surface area (Å²) < 4.78 is 6.35. The quantitative estimate of drug-likeness (QED) is 0.347. The van der Waals surface area contributed by atoms with Gasteiger partial charge in [-0.25, -0.2) is 4.98 Å². The molecule has 0 bridgehead atoms. The van der Waals surface area contributed by atoms with E-state index in [-0.39, 0.29) is 18.0 Å². The Bertz CT molecular complexity index is 1200. The zero-order valence-corrected chi connectivity index (χ0v) is 16.3. The summed E-state index contributed by atoms with van der Waals surface area (Å²) in [5.74, 6) is -0.0894. The highest BCUT2D eigenvalue weighted by Gasteiger charge is 2.12. The Morgan fingerprint density at radius 3 is 2.60 bits per heavy atom. The van der Waals surface area contributed by atoms with Gasteiger partial charge in [-0.05, 0) is 36.4 Å². The SMILES string of the molecule is O=C(COc1ccc([N+](=O)[O-])cc1)Nc1ccc(-c2nc3ccccc3s2)c(O)c1. The standard InChI is InChI=1S/C21H15N3O5S/c25-18-11-13(5-10-16(18)21-23-17-3-1-2-4-19(17)30-21)22-20(26)12-29-15-8-6-14(7-9-15)24(27)28/h1-11,25H,12H2,(H,22,26). The van der Waals surface area contributed by atoms with Crippen molar-refractivity contribution in [3.63, 3.8) is 0 Å². The fourth-order valence-electron chi connectivity index (χ4n) is 2.79. The van der Waals surface area contributed by atoms with Crippen molar-refractivity contribution in [1.82, 2.24) is 4.98 Å². The normalized spacial score (nSPS) is 10.7. The summed E-state index contributed by atoms with van der Waals surface area (Å²) >= 11 is 1.47. The molecule has 1 amide bonds. The van der Waals surface area contributed by atoms with E-state index in [1.54, 1.807) is 12.1 Å². The van der Waals surface area contributed by atoms with E-state index in [1.165, 1.54) is 41.7 Å². The summed E-state index contributed by atoms with van der Waals surface area (Å²) in [5, 5.41) is 24.4. The number of nitro benzene ring substituents is 1. The molecule has 0 saturated carbocycles. The second kappa shape index (κ2) is 8.18. The maximum absolute atomic E-state index is 12.1. The van der Waals surface area contributed by atoms with Crippen LogP contribution in [0.25, 0.3) is 20.8 Å². The van der Waals surface area contributed by atoms with Crippen LogP contribution >= 0.6 is 11.3 Å². The van der Waals surface area contributed by atoms with Crippen molar-refractivity contribution in [3.05, 3.63) is 76.8 Å². The molecule has 0 atom stereocenters. The van der Waals surface area contributed by atoms with Crippen LogP contribution in [0.2, 0.25) is 0 Å². The number of phenols is 1. The van der Waals surface area contributed by atoms with Crippen LogP contribution in [0.5, 0.6) is 11.5 Å². The number of nitrogens with zero attached hydrogens (tertiary/aromatic N) is 2. The van der Waals surface area contributed by atoms with E-state index in [4.69, 9.17) is 4.74 Å². The summed E-state index contributed by atoms with van der Waals surface area (Å²) in [6.07, 6.45) is 0. The van der Waals surface area contributed by atoms with Gasteiger partial charge in [0.05, 0.1) is 20.7 Å². The monoisotopic (exact) mass is 421 g/mol. The van der Waals surface area contributed by atoms with Crippen LogP contribution in [0.4, 0.5) is 11.4 Å². The van der Waals surface area contributed by atoms with Crippen LogP contribution in [-0.2, 0) is 4.79 Å². The van der Waals surface area contributed by atoms with Gasteiger partial charge in [-0.2, -0.15) is 0 Å². The summed E-state index contributed by atoms with van der Waals surface area (Å²) in [4.78, 5) is 26.8. The molecule has 0 aliphatic carbocycles. The van der Waals surface area contributed by atoms with Crippen molar-refractivity contribution in [1.29, 1.82) is 0 Å². The molecule has 0 spiro atoms. The van der Waals surface area contributed by atoms with Gasteiger partial charge in [0.15, 0.2) is 6.61 Å². The lowest BCUT2D eigenvalue weighted by atomic mass is 10.2. The number of benzene rings is 3. The van der Waals surface area contributed by atoms with E-state index in [2.05, 4.69) is 10.3 Å². The first-order chi connectivity index (χ1) is 14.5. The van der Waals surface area contributed by atoms with E-state index in [9.17, 15) is 20.0 Å². The molecule has 1 aromatic heterocycles. The molecule has 0 saturated heterocycles. The molecule has 0 radical (unpaired) electrons. The summed E-state index contributed by atoms with van der Waals surface area (Å²) in [6, 6.07) is 18.0. The minimum atomic E-state index is -0.513. The maximum atomic E-state index is 12.1. The molecule has 3 aromatic carbocycles. The smallest absolute Gasteiger partial charge is 0.269 e. The highest BCUT2D eigenvalue weighted by Crippen LogP contribution is 2.36. The van der Waals surface area contributed by atoms with Crippen molar-refractivity contribution >= 4 is 38.8 Å². The first kappa shape index (κ1) is 19.3. The fourth-order valence-corrected chi connectivity index (χ4v) is 3.79. The third-order valence-electron chi connectivity index (χ3n) is 4.22. The van der Waals surface area contributed by atoms with Crippen molar-refractivity contribution in [2.24, 2.45) is 0 Å². The van der Waals surface area contributed by atoms with E-state index >= 15 is 0 Å². The molecule has 0 aliphatic rings. The number of fused-ring (bicyclic) bond motifs is 1. The van der Waals surface area contributed by atoms with Crippen LogP contribution in [-0.4, -0.2) is 27.5 Å². The Labute approximate surface area is 174 Å². The Balaban J connectivity index is 1.40. The molecule has 0 aliphatic heterocycles. The Morgan fingerprint density at radius 2 is 1.90 bits per heavy atom. The minimum Gasteiger partial charge on any atom is -0.507 e. The Morgan fingerprint density at radius 1 is 1.13 bits per heavy atom. The summed E-state index contributed by atoms with van der Waals surface area (Å²) in [6.45, 7) is -0.280. The van der Waals surface area contributed by atoms with Crippen LogP contribution < -0.4 is 10.1 Å². The summed E-state index contributed by atoms with van der Waals surface area (Å²) in [5.41, 5.74) is 1.79. The minimum absolute atomic E-state index is 0.00291. The van der Waals surface area contributed by atoms with Crippen LogP contribution in [0.1, 0.15) is 0 Å². The number of anilines is 1. The van der Waals surface area contributed by atoms with E-state index < -0.39 is 10.8 Å². The van der Waals surface area contributed by atoms with E-state index in [0.717, 1.165) is 10.2 Å². The van der Waals surface area contributed by atoms with Crippen molar-refractivity contribution in [3.8, 4) is 22.1 Å². The molecular weight excluding hydrogens is 406 g/mol. The second-order valence-electron chi connectivity index (χ2n) is 6.31. The molecule has 9 heteroatoms. The number of nitrogens with one attached hydrogen (secondary N) is 1. The second-order valence-corrected chi connectivity index (χ2v) is 7.34. The number of carbonyl (C=O) groups excluding carboxylic acids is 1. The van der Waals surface area contributed by atoms with Gasteiger partial charge >= 0.3 is 0 Å². The van der Waals surface area contributed by atoms with Crippen molar-refractivity contribution < 1.29 is 19.6 Å². The zero-order valence-electron chi connectivity index (χ0n) is 15.4. The molecule has 30 heavy (non-hydrogen) atoms. The van der Waals surface area contributed by atoms with Crippen LogP contribution in [0, 0.1) is 10.1 Å². The van der Waals surface area contributed by atoms with Gasteiger partial charge in [0.1, 0.15) is 16.5 Å². The topological polar surface area (TPSA) is 115 Å². The fraction of sp³-hybridized carbons (Fsp3) is 0.0476. The number of carbonyl (C=O) groups is 1. The number of aromatic nitrogens is 1. The molecule has 1 heterocycles. The van der Waals surface area contributed by atoms with Gasteiger partial charge in [-0.3, -0.25) is 14.9 Å². The maximum Gasteiger partial charge on any atom is 0.269 e. The van der Waals surface area contributed by atoms with Crippen molar-refractivity contribution in [2.75, 3.05) is 11.9 Å². The van der Waals surface area contributed by atoms with Gasteiger partial charge < -0.3 is 15.2 Å². The molecule has 2 N–H and O–H groups in total. The number of hydrogen-bond donors (Lipinski definition) is 2. The lowest BCUT2D eigenvalue weighted by Gasteiger charge is -2.09. The first-order valence-electron chi connectivity index (χ1n) is 8.86. The molecule has 4 aromatic rings. The predicted octanol–water partition coefficient (Wildman–Crippen LogP) is 4.59. The molecular formula is C21H15N3O5S. The van der Waals surface area contributed by atoms with Gasteiger partial charge in [0.25, 0.3) is 11.6 Å². The van der Waals surface area contributed by atoms with Gasteiger partial charge in [0.2, 0.25) is 0 Å². The first-order valence-corrected chi connectivity index (χ1v) is 9.67. The van der Waals surface area contributed by atoms with Crippen LogP contribution in [0.3, 0.4) is 0 Å². The van der Waals surface area contributed by atoms with E-state index in [1.807, 2.05) is 24.3 Å². The number of non-ortho nitro benzene ring substituents is 1. The highest BCUT2D eigenvalue weighted by atomic mass is 32.1. The van der Waals surface area contributed by atoms with Gasteiger partial charge in [-0.1, -0.05) is 12.1 Å². The zero-order chi connectivity index (χ0) is 21.1. The van der Waals surface area contributed by atoms with Gasteiger partial charge in [-0.15, -0.1) is 11.3 Å². The largest absolute Gasteiger partial charge is 0.507 e. The third kappa shape index (κ3) is 4.20. The number of aromatic hydroxyl groups is 1. The lowest BCUT2D eigenvalue weighted by Crippen LogP contribution is -2.20. The average molecular weight is 421 g/mol. The Kier molecular flexibility index (Phi) is 5.27. The number of amides is 1. The number of phenolic OH excluding ortho intramolecular Hbond substituents is 1. The van der Waals surface area contributed by atoms with Crippen LogP contribution in [0.15, 0.2) is 66.7 Å². The number of ether oxygens (including phenoxy) is 1. The molecule has 0 fully saturated rings. The van der Waals surface area contributed by atoms with E-state index in [0.29, 0.717) is 22.0 Å². The number of hydrogen-bond acceptors (Lipinski definition) is 7. The highest BCUT2D eigenvalue weighted by molar-refractivity contribution is 7.21. The third-order valence-corrected chi connectivity index (χ3v) is 5.29. The average Bonchev–Trinajstić information content (AvgIpc) is 3.16. The molecule has 0 unspecified atom stereocenters. The number of para-hydroxylation sites is 1. The van der Waals surface area contributed by atoms with Gasteiger partial charge in [0, 0.05) is 23.9 Å².